The van der Waals surface area contributed by atoms with Crippen LogP contribution in [0.25, 0.3) is 16.7 Å². The summed E-state index contributed by atoms with van der Waals surface area (Å²) in [6, 6.07) is 5.18. The van der Waals surface area contributed by atoms with E-state index in [9.17, 15) is 9.59 Å². The molecule has 154 valence electrons. The van der Waals surface area contributed by atoms with Crippen molar-refractivity contribution < 1.29 is 9.53 Å². The van der Waals surface area contributed by atoms with Gasteiger partial charge in [-0.3, -0.25) is 19.4 Å². The van der Waals surface area contributed by atoms with E-state index in [-0.39, 0.29) is 22.5 Å². The molecule has 0 unspecified atom stereocenters. The number of nitrogens with zero attached hydrogens (tertiary/aromatic N) is 3. The molecule has 0 spiro atoms. The largest absolute Gasteiger partial charge is 0.385 e. The fourth-order valence-electron chi connectivity index (χ4n) is 3.33. The number of carbonyl (C=O) groups excluding carboxylic acids is 1. The Morgan fingerprint density at radius 2 is 2.10 bits per heavy atom. The maximum atomic E-state index is 13.2. The molecule has 3 heterocycles. The Bertz CT molecular complexity index is 1160. The van der Waals surface area contributed by atoms with Crippen molar-refractivity contribution in [3.63, 3.8) is 0 Å². The highest BCUT2D eigenvalue weighted by atomic mass is 16.5. The van der Waals surface area contributed by atoms with Crippen LogP contribution in [0.3, 0.4) is 0 Å². The Hall–Kier alpha value is -3.00. The van der Waals surface area contributed by atoms with E-state index in [4.69, 9.17) is 10.1 Å². The third kappa shape index (κ3) is 4.07. The zero-order valence-corrected chi connectivity index (χ0v) is 17.1. The van der Waals surface area contributed by atoms with Crippen LogP contribution in [0.5, 0.6) is 0 Å². The van der Waals surface area contributed by atoms with Crippen LogP contribution in [0.2, 0.25) is 0 Å². The molecule has 0 aromatic carbocycles. The summed E-state index contributed by atoms with van der Waals surface area (Å²) in [6.07, 6.45) is 4.12. The second-order valence-electron chi connectivity index (χ2n) is 7.05. The third-order valence-corrected chi connectivity index (χ3v) is 4.92. The normalized spacial score (nSPS) is 11.3. The molecule has 0 saturated carbocycles. The highest BCUT2D eigenvalue weighted by molar-refractivity contribution is 5.96. The fraction of sp³-hybridized carbons (Fsp3) is 0.429. The van der Waals surface area contributed by atoms with Gasteiger partial charge in [-0.25, -0.2) is 4.98 Å². The van der Waals surface area contributed by atoms with E-state index in [2.05, 4.69) is 10.3 Å². The molecule has 0 saturated heterocycles. The number of hydrogen-bond acceptors (Lipinski definition) is 5. The number of fused-ring (bicyclic) bond motifs is 2. The van der Waals surface area contributed by atoms with Crippen molar-refractivity contribution in [2.75, 3.05) is 20.3 Å². The highest BCUT2D eigenvalue weighted by Gasteiger charge is 2.17. The van der Waals surface area contributed by atoms with Crippen LogP contribution >= 0.6 is 0 Å². The number of amides is 1. The third-order valence-electron chi connectivity index (χ3n) is 4.92. The molecule has 8 heteroatoms. The molecule has 1 amide bonds. The van der Waals surface area contributed by atoms with Crippen molar-refractivity contribution in [2.24, 2.45) is 0 Å². The molecular weight excluding hydrogens is 370 g/mol. The van der Waals surface area contributed by atoms with Gasteiger partial charge in [-0.2, -0.15) is 0 Å². The quantitative estimate of drug-likeness (QED) is 0.448. The van der Waals surface area contributed by atoms with Crippen molar-refractivity contribution in [2.45, 2.75) is 39.7 Å². The lowest BCUT2D eigenvalue weighted by molar-refractivity contribution is 0.0950. The Kier molecular flexibility index (Phi) is 6.43. The van der Waals surface area contributed by atoms with Crippen LogP contribution in [0.4, 0.5) is 0 Å². The van der Waals surface area contributed by atoms with Crippen LogP contribution in [0, 0.1) is 12.3 Å². The number of carbonyl (C=O) groups is 1. The number of unbranched alkanes of at least 4 members (excludes halogenated alkanes) is 1. The van der Waals surface area contributed by atoms with Crippen LogP contribution in [0.15, 0.2) is 29.2 Å². The average molecular weight is 397 g/mol. The first kappa shape index (κ1) is 20.7. The maximum Gasteiger partial charge on any atom is 0.267 e. The topological polar surface area (TPSA) is 101 Å². The number of ether oxygens (including phenoxy) is 1. The number of hydrogen-bond donors (Lipinski definition) is 2. The summed E-state index contributed by atoms with van der Waals surface area (Å²) in [5, 5.41) is 11.8. The van der Waals surface area contributed by atoms with Gasteiger partial charge in [-0.1, -0.05) is 19.4 Å². The number of aromatic nitrogens is 3. The van der Waals surface area contributed by atoms with E-state index in [0.717, 1.165) is 18.4 Å². The van der Waals surface area contributed by atoms with Gasteiger partial charge in [0, 0.05) is 33.0 Å². The SMILES string of the molecule is CCCCNC(=O)c1cc2c(=O)n3cccc(C)c3nc2n(CCCOC)c1=N. The lowest BCUT2D eigenvalue weighted by Gasteiger charge is -2.15. The second kappa shape index (κ2) is 9.00. The standard InChI is InChI=1S/C21H27N5O3/c1-4-5-9-23-20(27)15-13-16-19(25(17(15)22)11-7-12-29-3)24-18-14(2)8-6-10-26(18)21(16)28/h6,8,10,13,22H,4-5,7,9,11-12H2,1-3H3,(H,23,27). The molecule has 3 rings (SSSR count). The lowest BCUT2D eigenvalue weighted by atomic mass is 10.1. The van der Waals surface area contributed by atoms with Gasteiger partial charge in [0.15, 0.2) is 0 Å². The number of nitrogens with one attached hydrogen (secondary N) is 2. The summed E-state index contributed by atoms with van der Waals surface area (Å²) in [5.74, 6) is -0.348. The summed E-state index contributed by atoms with van der Waals surface area (Å²) in [6.45, 7) is 5.40. The molecule has 0 aliphatic heterocycles. The van der Waals surface area contributed by atoms with Gasteiger partial charge < -0.3 is 14.6 Å². The van der Waals surface area contributed by atoms with Crippen LogP contribution in [0.1, 0.15) is 42.1 Å². The number of pyridine rings is 2. The molecule has 8 nitrogen and oxygen atoms in total. The van der Waals surface area contributed by atoms with Gasteiger partial charge in [0.1, 0.15) is 16.8 Å². The summed E-state index contributed by atoms with van der Waals surface area (Å²) < 4.78 is 8.25. The predicted molar refractivity (Wildman–Crippen MR) is 111 cm³/mol. The number of rotatable bonds is 8. The molecule has 0 atom stereocenters. The molecule has 0 fully saturated rings. The molecular formula is C21H27N5O3. The Labute approximate surface area is 168 Å². The molecule has 0 radical (unpaired) electrons. The molecule has 0 aliphatic carbocycles. The summed E-state index contributed by atoms with van der Waals surface area (Å²) in [4.78, 5) is 30.5. The number of methoxy groups -OCH3 is 1. The van der Waals surface area contributed by atoms with E-state index >= 15 is 0 Å². The molecule has 29 heavy (non-hydrogen) atoms. The van der Waals surface area contributed by atoms with Crippen molar-refractivity contribution in [3.05, 3.63) is 51.4 Å². The average Bonchev–Trinajstić information content (AvgIpc) is 2.71. The minimum atomic E-state index is -0.348. The molecule has 3 aromatic rings. The van der Waals surface area contributed by atoms with Crippen LogP contribution < -0.4 is 16.4 Å². The first-order chi connectivity index (χ1) is 14.0. The molecule has 0 bridgehead atoms. The van der Waals surface area contributed by atoms with Gasteiger partial charge in [0.2, 0.25) is 0 Å². The second-order valence-corrected chi connectivity index (χ2v) is 7.05. The summed E-state index contributed by atoms with van der Waals surface area (Å²) in [5.41, 5.74) is 1.80. The fourth-order valence-corrected chi connectivity index (χ4v) is 3.33. The van der Waals surface area contributed by atoms with E-state index < -0.39 is 0 Å². The van der Waals surface area contributed by atoms with Gasteiger partial charge in [-0.05, 0) is 37.5 Å². The van der Waals surface area contributed by atoms with Crippen LogP contribution in [-0.4, -0.2) is 40.1 Å². The van der Waals surface area contributed by atoms with Crippen molar-refractivity contribution >= 4 is 22.6 Å². The van der Waals surface area contributed by atoms with E-state index in [1.54, 1.807) is 23.9 Å². The first-order valence-corrected chi connectivity index (χ1v) is 9.86. The minimum Gasteiger partial charge on any atom is -0.385 e. The predicted octanol–water partition coefficient (Wildman–Crippen LogP) is 2.00. The van der Waals surface area contributed by atoms with E-state index in [1.165, 1.54) is 10.5 Å². The van der Waals surface area contributed by atoms with Gasteiger partial charge in [-0.15, -0.1) is 0 Å². The number of aryl methyl sites for hydroxylation is 2. The van der Waals surface area contributed by atoms with Crippen molar-refractivity contribution in [3.8, 4) is 0 Å². The minimum absolute atomic E-state index is 0.0486. The summed E-state index contributed by atoms with van der Waals surface area (Å²) in [7, 11) is 1.61. The van der Waals surface area contributed by atoms with Crippen molar-refractivity contribution in [1.29, 1.82) is 5.41 Å². The van der Waals surface area contributed by atoms with Gasteiger partial charge in [0.25, 0.3) is 11.5 Å². The monoisotopic (exact) mass is 397 g/mol. The maximum absolute atomic E-state index is 13.2. The zero-order valence-electron chi connectivity index (χ0n) is 17.1. The van der Waals surface area contributed by atoms with E-state index in [0.29, 0.717) is 42.8 Å². The summed E-state index contributed by atoms with van der Waals surface area (Å²) >= 11 is 0. The Balaban J connectivity index is 2.26. The lowest BCUT2D eigenvalue weighted by Crippen LogP contribution is -2.35. The Morgan fingerprint density at radius 3 is 2.83 bits per heavy atom. The Morgan fingerprint density at radius 1 is 1.31 bits per heavy atom. The zero-order chi connectivity index (χ0) is 21.0. The van der Waals surface area contributed by atoms with Gasteiger partial charge in [0.05, 0.1) is 10.9 Å². The smallest absolute Gasteiger partial charge is 0.267 e. The van der Waals surface area contributed by atoms with Gasteiger partial charge >= 0.3 is 0 Å². The van der Waals surface area contributed by atoms with Crippen LogP contribution in [-0.2, 0) is 11.3 Å². The molecule has 2 N–H and O–H groups in total. The molecule has 3 aromatic heterocycles. The highest BCUT2D eigenvalue weighted by Crippen LogP contribution is 2.13. The molecule has 0 aliphatic rings. The first-order valence-electron chi connectivity index (χ1n) is 9.86. The van der Waals surface area contributed by atoms with Crippen molar-refractivity contribution in [1.82, 2.24) is 19.3 Å². The van der Waals surface area contributed by atoms with E-state index in [1.807, 2.05) is 19.9 Å².